The molecule has 0 saturated carbocycles. The summed E-state index contributed by atoms with van der Waals surface area (Å²) in [5.74, 6) is 0.841. The van der Waals surface area contributed by atoms with E-state index in [9.17, 15) is 0 Å². The first-order valence-electron chi connectivity index (χ1n) is 8.63. The van der Waals surface area contributed by atoms with E-state index in [4.69, 9.17) is 4.74 Å². The average molecular weight is 344 g/mol. The molecule has 3 aromatic heterocycles. The Labute approximate surface area is 152 Å². The van der Waals surface area contributed by atoms with Crippen molar-refractivity contribution < 1.29 is 4.74 Å². The van der Waals surface area contributed by atoms with Crippen molar-refractivity contribution in [2.75, 3.05) is 0 Å². The SMILES string of the molecule is Cc1ccc(-c2cnc3cnc(-c4cccc(OC(C)C)c4)cn23)cn1. The second kappa shape index (κ2) is 6.59. The third kappa shape index (κ3) is 3.16. The number of aryl methyl sites for hydroxylation is 1. The Bertz CT molecular complexity index is 1050. The number of hydrogen-bond acceptors (Lipinski definition) is 4. The lowest BCUT2D eigenvalue weighted by atomic mass is 10.1. The van der Waals surface area contributed by atoms with Gasteiger partial charge in [0.05, 0.1) is 29.9 Å². The van der Waals surface area contributed by atoms with Crippen LogP contribution >= 0.6 is 0 Å². The minimum atomic E-state index is 0.134. The van der Waals surface area contributed by atoms with Gasteiger partial charge in [0.15, 0.2) is 5.65 Å². The van der Waals surface area contributed by atoms with Crippen molar-refractivity contribution in [2.24, 2.45) is 0 Å². The standard InChI is InChI=1S/C21H20N4O/c1-14(2)26-18-6-4-5-16(9-18)19-13-25-20(11-24-21(25)12-23-19)17-8-7-15(3)22-10-17/h4-14H,1-3H3. The third-order valence-electron chi connectivity index (χ3n) is 4.10. The molecule has 0 bridgehead atoms. The minimum absolute atomic E-state index is 0.134. The van der Waals surface area contributed by atoms with Crippen LogP contribution in [-0.2, 0) is 0 Å². The lowest BCUT2D eigenvalue weighted by molar-refractivity contribution is 0.242. The number of rotatable bonds is 4. The lowest BCUT2D eigenvalue weighted by Crippen LogP contribution is -2.05. The van der Waals surface area contributed by atoms with Crippen molar-refractivity contribution in [2.45, 2.75) is 26.9 Å². The first kappa shape index (κ1) is 16.3. The van der Waals surface area contributed by atoms with Crippen LogP contribution in [0.3, 0.4) is 0 Å². The summed E-state index contributed by atoms with van der Waals surface area (Å²) in [6, 6.07) is 12.1. The molecule has 4 rings (SSSR count). The van der Waals surface area contributed by atoms with E-state index in [1.807, 2.05) is 74.1 Å². The third-order valence-corrected chi connectivity index (χ3v) is 4.10. The van der Waals surface area contributed by atoms with Gasteiger partial charge in [-0.05, 0) is 45.0 Å². The monoisotopic (exact) mass is 344 g/mol. The predicted octanol–water partition coefficient (Wildman–Crippen LogP) is 4.55. The summed E-state index contributed by atoms with van der Waals surface area (Å²) in [5, 5.41) is 0. The van der Waals surface area contributed by atoms with Gasteiger partial charge in [0.1, 0.15) is 5.75 Å². The highest BCUT2D eigenvalue weighted by Gasteiger charge is 2.09. The number of hydrogen-bond donors (Lipinski definition) is 0. The molecule has 0 radical (unpaired) electrons. The zero-order valence-corrected chi connectivity index (χ0v) is 15.0. The zero-order valence-electron chi connectivity index (χ0n) is 15.0. The van der Waals surface area contributed by atoms with Gasteiger partial charge in [-0.2, -0.15) is 0 Å². The molecule has 0 aliphatic heterocycles. The van der Waals surface area contributed by atoms with Gasteiger partial charge < -0.3 is 4.74 Å². The molecule has 26 heavy (non-hydrogen) atoms. The Hall–Kier alpha value is -3.21. The van der Waals surface area contributed by atoms with Gasteiger partial charge in [-0.15, -0.1) is 0 Å². The van der Waals surface area contributed by atoms with Crippen LogP contribution in [0, 0.1) is 6.92 Å². The van der Waals surface area contributed by atoms with Crippen LogP contribution in [0.4, 0.5) is 0 Å². The molecule has 4 aromatic rings. The van der Waals surface area contributed by atoms with Gasteiger partial charge in [0.25, 0.3) is 0 Å². The maximum absolute atomic E-state index is 5.80. The van der Waals surface area contributed by atoms with Gasteiger partial charge in [0, 0.05) is 29.2 Å². The number of imidazole rings is 1. The van der Waals surface area contributed by atoms with E-state index in [1.54, 1.807) is 6.20 Å². The van der Waals surface area contributed by atoms with Gasteiger partial charge in [0.2, 0.25) is 0 Å². The number of fused-ring (bicyclic) bond motifs is 1. The molecule has 130 valence electrons. The van der Waals surface area contributed by atoms with Gasteiger partial charge >= 0.3 is 0 Å². The van der Waals surface area contributed by atoms with Crippen LogP contribution in [0.1, 0.15) is 19.5 Å². The summed E-state index contributed by atoms with van der Waals surface area (Å²) in [6.45, 7) is 6.02. The van der Waals surface area contributed by atoms with E-state index in [1.165, 1.54) is 0 Å². The van der Waals surface area contributed by atoms with E-state index in [-0.39, 0.29) is 6.10 Å². The highest BCUT2D eigenvalue weighted by atomic mass is 16.5. The summed E-state index contributed by atoms with van der Waals surface area (Å²) in [7, 11) is 0. The van der Waals surface area contributed by atoms with Crippen LogP contribution < -0.4 is 4.74 Å². The van der Waals surface area contributed by atoms with Gasteiger partial charge in [-0.25, -0.2) is 4.98 Å². The van der Waals surface area contributed by atoms with Crippen molar-refractivity contribution >= 4 is 5.65 Å². The van der Waals surface area contributed by atoms with E-state index >= 15 is 0 Å². The largest absolute Gasteiger partial charge is 0.491 e. The summed E-state index contributed by atoms with van der Waals surface area (Å²) >= 11 is 0. The first-order valence-corrected chi connectivity index (χ1v) is 8.63. The fourth-order valence-electron chi connectivity index (χ4n) is 2.87. The average Bonchev–Trinajstić information content (AvgIpc) is 3.05. The molecule has 3 heterocycles. The molecule has 0 saturated heterocycles. The molecule has 0 spiro atoms. The number of pyridine rings is 1. The van der Waals surface area contributed by atoms with Crippen LogP contribution in [0.25, 0.3) is 28.2 Å². The molecule has 0 aliphatic rings. The van der Waals surface area contributed by atoms with Crippen LogP contribution in [0.2, 0.25) is 0 Å². The molecule has 1 aromatic carbocycles. The Morgan fingerprint density at radius 3 is 2.58 bits per heavy atom. The van der Waals surface area contributed by atoms with E-state index in [2.05, 4.69) is 21.0 Å². The number of ether oxygens (including phenoxy) is 1. The van der Waals surface area contributed by atoms with Crippen LogP contribution in [0.5, 0.6) is 5.75 Å². The fraction of sp³-hybridized carbons (Fsp3) is 0.190. The normalized spacial score (nSPS) is 11.2. The zero-order chi connectivity index (χ0) is 18.1. The van der Waals surface area contributed by atoms with Crippen LogP contribution in [-0.4, -0.2) is 25.5 Å². The van der Waals surface area contributed by atoms with Crippen molar-refractivity contribution in [3.63, 3.8) is 0 Å². The number of nitrogens with zero attached hydrogens (tertiary/aromatic N) is 4. The molecule has 0 fully saturated rings. The maximum atomic E-state index is 5.80. The Kier molecular flexibility index (Phi) is 4.13. The summed E-state index contributed by atoms with van der Waals surface area (Å²) < 4.78 is 7.84. The summed E-state index contributed by atoms with van der Waals surface area (Å²) in [5.41, 5.74) is 5.69. The summed E-state index contributed by atoms with van der Waals surface area (Å²) in [6.07, 6.45) is 7.65. The van der Waals surface area contributed by atoms with E-state index in [0.29, 0.717) is 0 Å². The molecule has 0 unspecified atom stereocenters. The molecule has 0 atom stereocenters. The number of aromatic nitrogens is 4. The summed E-state index contributed by atoms with van der Waals surface area (Å²) in [4.78, 5) is 13.4. The topological polar surface area (TPSA) is 52.3 Å². The lowest BCUT2D eigenvalue weighted by Gasteiger charge is -2.11. The van der Waals surface area contributed by atoms with E-state index < -0.39 is 0 Å². The van der Waals surface area contributed by atoms with Gasteiger partial charge in [-0.3, -0.25) is 14.4 Å². The molecular weight excluding hydrogens is 324 g/mol. The Balaban J connectivity index is 1.78. The van der Waals surface area contributed by atoms with Crippen molar-refractivity contribution in [3.05, 3.63) is 66.9 Å². The first-order chi connectivity index (χ1) is 12.6. The Morgan fingerprint density at radius 1 is 0.923 bits per heavy atom. The van der Waals surface area contributed by atoms with Crippen LogP contribution in [0.15, 0.2) is 61.2 Å². The fourth-order valence-corrected chi connectivity index (χ4v) is 2.87. The Morgan fingerprint density at radius 2 is 1.81 bits per heavy atom. The second-order valence-electron chi connectivity index (χ2n) is 6.53. The molecule has 5 nitrogen and oxygen atoms in total. The highest BCUT2D eigenvalue weighted by molar-refractivity contribution is 5.66. The minimum Gasteiger partial charge on any atom is -0.491 e. The molecule has 5 heteroatoms. The highest BCUT2D eigenvalue weighted by Crippen LogP contribution is 2.26. The molecule has 0 N–H and O–H groups in total. The smallest absolute Gasteiger partial charge is 0.155 e. The van der Waals surface area contributed by atoms with E-state index in [0.717, 1.165) is 39.6 Å². The number of benzene rings is 1. The molecule has 0 aliphatic carbocycles. The van der Waals surface area contributed by atoms with Crippen molar-refractivity contribution in [3.8, 4) is 28.3 Å². The second-order valence-corrected chi connectivity index (χ2v) is 6.53. The predicted molar refractivity (Wildman–Crippen MR) is 102 cm³/mol. The molecular formula is C21H20N4O. The molecule has 0 amide bonds. The maximum Gasteiger partial charge on any atom is 0.155 e. The van der Waals surface area contributed by atoms with Gasteiger partial charge in [-0.1, -0.05) is 12.1 Å². The quantitative estimate of drug-likeness (QED) is 0.545. The van der Waals surface area contributed by atoms with Crippen molar-refractivity contribution in [1.82, 2.24) is 19.4 Å². The van der Waals surface area contributed by atoms with Crippen molar-refractivity contribution in [1.29, 1.82) is 0 Å².